The predicted octanol–water partition coefficient (Wildman–Crippen LogP) is 3.96. The molecule has 2 aromatic rings. The maximum atomic E-state index is 12.7. The van der Waals surface area contributed by atoms with Crippen LogP contribution in [0.3, 0.4) is 0 Å². The molecule has 0 amide bonds. The molecule has 1 fully saturated rings. The number of esters is 1. The summed E-state index contributed by atoms with van der Waals surface area (Å²) in [4.78, 5) is 26.0. The van der Waals surface area contributed by atoms with E-state index in [4.69, 9.17) is 4.74 Å². The molecular formula is C20H23NO3S. The smallest absolute Gasteiger partial charge is 0.312 e. The van der Waals surface area contributed by atoms with E-state index in [0.717, 1.165) is 29.5 Å². The van der Waals surface area contributed by atoms with E-state index in [9.17, 15) is 9.59 Å². The van der Waals surface area contributed by atoms with E-state index in [2.05, 4.69) is 13.8 Å². The highest BCUT2D eigenvalue weighted by Crippen LogP contribution is 2.64. The van der Waals surface area contributed by atoms with Crippen LogP contribution < -0.4 is 5.56 Å². The molecule has 0 N–H and O–H groups in total. The fourth-order valence-corrected chi connectivity index (χ4v) is 5.87. The Bertz CT molecular complexity index is 875. The van der Waals surface area contributed by atoms with Crippen LogP contribution >= 0.6 is 11.5 Å². The zero-order chi connectivity index (χ0) is 17.8. The predicted molar refractivity (Wildman–Crippen MR) is 98.1 cm³/mol. The van der Waals surface area contributed by atoms with Crippen LogP contribution in [-0.2, 0) is 22.7 Å². The molecular weight excluding hydrogens is 334 g/mol. The van der Waals surface area contributed by atoms with E-state index in [1.165, 1.54) is 16.4 Å². The minimum Gasteiger partial charge on any atom is -0.443 e. The van der Waals surface area contributed by atoms with Gasteiger partial charge in [0.15, 0.2) is 6.73 Å². The Hall–Kier alpha value is -1.88. The minimum absolute atomic E-state index is 0.0288. The molecule has 2 bridgehead atoms. The summed E-state index contributed by atoms with van der Waals surface area (Å²) >= 11 is 1.49. The number of hydrogen-bond donors (Lipinski definition) is 0. The van der Waals surface area contributed by atoms with E-state index in [0.29, 0.717) is 11.8 Å². The van der Waals surface area contributed by atoms with Gasteiger partial charge in [0, 0.05) is 16.4 Å². The zero-order valence-electron chi connectivity index (χ0n) is 14.9. The molecule has 1 aromatic carbocycles. The van der Waals surface area contributed by atoms with Gasteiger partial charge in [-0.25, -0.2) is 3.96 Å². The molecule has 1 heterocycles. The normalized spacial score (nSPS) is 22.8. The molecule has 0 radical (unpaired) electrons. The molecule has 5 heteroatoms. The molecule has 1 aromatic heterocycles. The maximum Gasteiger partial charge on any atom is 0.312 e. The van der Waals surface area contributed by atoms with Crippen LogP contribution in [0.4, 0.5) is 0 Å². The third-order valence-electron chi connectivity index (χ3n) is 5.95. The first-order valence-electron chi connectivity index (χ1n) is 8.83. The van der Waals surface area contributed by atoms with Crippen molar-refractivity contribution in [3.05, 3.63) is 56.2 Å². The lowest BCUT2D eigenvalue weighted by Gasteiger charge is -2.24. The largest absolute Gasteiger partial charge is 0.443 e. The third-order valence-corrected chi connectivity index (χ3v) is 7.14. The number of nitrogens with zero attached hydrogens (tertiary/aromatic N) is 1. The second-order valence-corrected chi connectivity index (χ2v) is 8.93. The number of carbonyl (C=O) groups is 1. The van der Waals surface area contributed by atoms with Crippen molar-refractivity contribution in [2.45, 2.75) is 58.6 Å². The monoisotopic (exact) mass is 357 g/mol. The number of fused-ring (bicyclic) bond motifs is 5. The summed E-state index contributed by atoms with van der Waals surface area (Å²) in [6.45, 7) is 6.58. The number of rotatable bonds is 4. The standard InChI is InChI=1S/C20H23NO3S/c1-12-4-6-13(7-5-12)10-16(22)24-11-21-19(23)17-14-8-9-15(18(17)25-21)20(14,2)3/h4-7,14-15H,8-11H2,1-3H3. The average molecular weight is 357 g/mol. The van der Waals surface area contributed by atoms with Crippen molar-refractivity contribution in [1.29, 1.82) is 0 Å². The highest BCUT2D eigenvalue weighted by atomic mass is 32.1. The first-order valence-corrected chi connectivity index (χ1v) is 9.60. The van der Waals surface area contributed by atoms with Crippen LogP contribution in [-0.4, -0.2) is 9.93 Å². The average Bonchev–Trinajstić information content (AvgIpc) is 3.13. The van der Waals surface area contributed by atoms with Crippen molar-refractivity contribution >= 4 is 17.5 Å². The van der Waals surface area contributed by atoms with Gasteiger partial charge in [-0.2, -0.15) is 0 Å². The van der Waals surface area contributed by atoms with Crippen molar-refractivity contribution in [1.82, 2.24) is 3.96 Å². The van der Waals surface area contributed by atoms with Crippen LogP contribution in [0.5, 0.6) is 0 Å². The van der Waals surface area contributed by atoms with Crippen LogP contribution in [0.25, 0.3) is 0 Å². The Kier molecular flexibility index (Phi) is 3.87. The van der Waals surface area contributed by atoms with E-state index < -0.39 is 0 Å². The molecule has 0 spiro atoms. The van der Waals surface area contributed by atoms with Gasteiger partial charge in [-0.15, -0.1) is 0 Å². The van der Waals surface area contributed by atoms with Gasteiger partial charge < -0.3 is 4.74 Å². The Balaban J connectivity index is 1.44. The summed E-state index contributed by atoms with van der Waals surface area (Å²) in [6, 6.07) is 7.83. The minimum atomic E-state index is -0.299. The van der Waals surface area contributed by atoms with Crippen molar-refractivity contribution in [3.63, 3.8) is 0 Å². The van der Waals surface area contributed by atoms with Gasteiger partial charge in [0.05, 0.1) is 6.42 Å². The molecule has 0 saturated heterocycles. The Morgan fingerprint density at radius 3 is 2.60 bits per heavy atom. The van der Waals surface area contributed by atoms with Gasteiger partial charge >= 0.3 is 5.97 Å². The van der Waals surface area contributed by atoms with E-state index in [-0.39, 0.29) is 30.1 Å². The molecule has 0 aliphatic heterocycles. The van der Waals surface area contributed by atoms with Gasteiger partial charge in [0.25, 0.3) is 5.56 Å². The highest BCUT2D eigenvalue weighted by molar-refractivity contribution is 7.06. The summed E-state index contributed by atoms with van der Waals surface area (Å²) in [5.41, 5.74) is 3.32. The Morgan fingerprint density at radius 2 is 1.92 bits per heavy atom. The third kappa shape index (κ3) is 2.65. The molecule has 2 aliphatic carbocycles. The molecule has 2 aliphatic rings. The van der Waals surface area contributed by atoms with Crippen molar-refractivity contribution in [2.24, 2.45) is 5.41 Å². The number of hydrogen-bond acceptors (Lipinski definition) is 4. The number of ether oxygens (including phenoxy) is 1. The van der Waals surface area contributed by atoms with E-state index in [1.807, 2.05) is 31.2 Å². The summed E-state index contributed by atoms with van der Waals surface area (Å²) in [5, 5.41) is 0. The van der Waals surface area contributed by atoms with Crippen LogP contribution in [0.15, 0.2) is 29.1 Å². The fraction of sp³-hybridized carbons (Fsp3) is 0.500. The first kappa shape index (κ1) is 16.6. The zero-order valence-corrected chi connectivity index (χ0v) is 15.7. The van der Waals surface area contributed by atoms with E-state index in [1.54, 1.807) is 3.96 Å². The lowest BCUT2D eigenvalue weighted by atomic mass is 9.80. The molecule has 2 unspecified atom stereocenters. The van der Waals surface area contributed by atoms with Crippen molar-refractivity contribution in [2.75, 3.05) is 0 Å². The summed E-state index contributed by atoms with van der Waals surface area (Å²) in [5.74, 6) is 0.545. The van der Waals surface area contributed by atoms with Crippen LogP contribution in [0.1, 0.15) is 60.1 Å². The van der Waals surface area contributed by atoms with Gasteiger partial charge in [-0.3, -0.25) is 9.59 Å². The second-order valence-electron chi connectivity index (χ2n) is 7.86. The Labute approximate surface area is 151 Å². The maximum absolute atomic E-state index is 12.7. The van der Waals surface area contributed by atoms with Gasteiger partial charge in [-0.1, -0.05) is 55.2 Å². The van der Waals surface area contributed by atoms with Gasteiger partial charge in [0.1, 0.15) is 0 Å². The molecule has 132 valence electrons. The number of aromatic nitrogens is 1. The molecule has 4 nitrogen and oxygen atoms in total. The fourth-order valence-electron chi connectivity index (χ4n) is 4.47. The van der Waals surface area contributed by atoms with Crippen molar-refractivity contribution < 1.29 is 9.53 Å². The molecule has 1 saturated carbocycles. The topological polar surface area (TPSA) is 48.3 Å². The lowest BCUT2D eigenvalue weighted by Crippen LogP contribution is -2.24. The summed E-state index contributed by atoms with van der Waals surface area (Å²) < 4.78 is 6.97. The second kappa shape index (κ2) is 5.84. The number of aryl methyl sites for hydroxylation is 1. The molecule has 25 heavy (non-hydrogen) atoms. The molecule has 4 rings (SSSR count). The summed E-state index contributed by atoms with van der Waals surface area (Å²) in [6.07, 6.45) is 2.50. The SMILES string of the molecule is Cc1ccc(CC(=O)OCn2sc3c(c2=O)C2CCC3C2(C)C)cc1. The summed E-state index contributed by atoms with van der Waals surface area (Å²) in [7, 11) is 0. The van der Waals surface area contributed by atoms with Crippen LogP contribution in [0.2, 0.25) is 0 Å². The van der Waals surface area contributed by atoms with Crippen LogP contribution in [0, 0.1) is 12.3 Å². The quantitative estimate of drug-likeness (QED) is 0.778. The lowest BCUT2D eigenvalue weighted by molar-refractivity contribution is -0.146. The highest BCUT2D eigenvalue weighted by Gasteiger charge is 2.54. The Morgan fingerprint density at radius 1 is 1.24 bits per heavy atom. The molecule has 2 atom stereocenters. The van der Waals surface area contributed by atoms with Crippen molar-refractivity contribution in [3.8, 4) is 0 Å². The van der Waals surface area contributed by atoms with Gasteiger partial charge in [0.2, 0.25) is 0 Å². The number of benzene rings is 1. The van der Waals surface area contributed by atoms with E-state index >= 15 is 0 Å². The van der Waals surface area contributed by atoms with Gasteiger partial charge in [-0.05, 0) is 36.7 Å². The number of carbonyl (C=O) groups excluding carboxylic acids is 1. The first-order chi connectivity index (χ1) is 11.9.